The molecule has 0 atom stereocenters. The zero-order valence-electron chi connectivity index (χ0n) is 9.29. The standard InChI is InChI=1S/C14H16N2/c1-5-9-10(6-2)14(16)12(8-4)11(7-3)13(9)15/h5-8H,1-4,15-16H2. The van der Waals surface area contributed by atoms with Gasteiger partial charge in [0.15, 0.2) is 0 Å². The van der Waals surface area contributed by atoms with E-state index in [0.717, 1.165) is 22.3 Å². The van der Waals surface area contributed by atoms with Crippen LogP contribution in [0.25, 0.3) is 24.3 Å². The van der Waals surface area contributed by atoms with Crippen LogP contribution in [-0.4, -0.2) is 0 Å². The van der Waals surface area contributed by atoms with E-state index < -0.39 is 0 Å². The Bertz CT molecular complexity index is 396. The van der Waals surface area contributed by atoms with Gasteiger partial charge in [0.05, 0.1) is 0 Å². The van der Waals surface area contributed by atoms with Crippen molar-refractivity contribution >= 4 is 35.7 Å². The molecule has 0 amide bonds. The van der Waals surface area contributed by atoms with E-state index in [9.17, 15) is 0 Å². The van der Waals surface area contributed by atoms with Crippen molar-refractivity contribution in [2.24, 2.45) is 0 Å². The second-order valence-corrected chi connectivity index (χ2v) is 3.30. The van der Waals surface area contributed by atoms with E-state index >= 15 is 0 Å². The molecule has 0 aliphatic heterocycles. The van der Waals surface area contributed by atoms with Gasteiger partial charge in [0.25, 0.3) is 0 Å². The SMILES string of the molecule is C=Cc1c(N)c(C=C)c(C=C)c(N)c1C=C. The Labute approximate surface area is 96.3 Å². The van der Waals surface area contributed by atoms with E-state index in [-0.39, 0.29) is 0 Å². The minimum atomic E-state index is 0.601. The predicted octanol–water partition coefficient (Wildman–Crippen LogP) is 3.42. The fourth-order valence-corrected chi connectivity index (χ4v) is 1.75. The summed E-state index contributed by atoms with van der Waals surface area (Å²) in [6.07, 6.45) is 6.68. The van der Waals surface area contributed by atoms with Gasteiger partial charge in [-0.25, -0.2) is 0 Å². The molecule has 1 aromatic rings. The first kappa shape index (κ1) is 11.9. The zero-order chi connectivity index (χ0) is 12.3. The normalized spacial score (nSPS) is 9.50. The molecular formula is C14H16N2. The molecule has 0 saturated carbocycles. The zero-order valence-corrected chi connectivity index (χ0v) is 9.29. The van der Waals surface area contributed by atoms with E-state index in [0.29, 0.717) is 11.4 Å². The minimum absolute atomic E-state index is 0.601. The van der Waals surface area contributed by atoms with Crippen LogP contribution in [0.1, 0.15) is 22.3 Å². The van der Waals surface area contributed by atoms with Gasteiger partial charge < -0.3 is 11.5 Å². The summed E-state index contributed by atoms with van der Waals surface area (Å²) in [6, 6.07) is 0. The number of nitrogens with two attached hydrogens (primary N) is 2. The largest absolute Gasteiger partial charge is 0.398 e. The number of benzene rings is 1. The van der Waals surface area contributed by atoms with Gasteiger partial charge in [-0.05, 0) is 0 Å². The number of rotatable bonds is 4. The van der Waals surface area contributed by atoms with Crippen LogP contribution in [0.3, 0.4) is 0 Å². The van der Waals surface area contributed by atoms with Crippen LogP contribution in [0.2, 0.25) is 0 Å². The molecule has 0 radical (unpaired) electrons. The molecule has 0 spiro atoms. The maximum atomic E-state index is 6.03. The lowest BCUT2D eigenvalue weighted by Crippen LogP contribution is -2.04. The second-order valence-electron chi connectivity index (χ2n) is 3.30. The summed E-state index contributed by atoms with van der Waals surface area (Å²) < 4.78 is 0. The molecule has 0 aliphatic carbocycles. The van der Waals surface area contributed by atoms with E-state index in [1.807, 2.05) is 0 Å². The fraction of sp³-hybridized carbons (Fsp3) is 0. The van der Waals surface area contributed by atoms with Crippen molar-refractivity contribution in [1.29, 1.82) is 0 Å². The molecule has 2 heteroatoms. The molecule has 0 fully saturated rings. The summed E-state index contributed by atoms with van der Waals surface area (Å²) in [7, 11) is 0. The summed E-state index contributed by atoms with van der Waals surface area (Å²) >= 11 is 0. The van der Waals surface area contributed by atoms with Crippen molar-refractivity contribution in [2.45, 2.75) is 0 Å². The predicted molar refractivity (Wildman–Crippen MR) is 75.6 cm³/mol. The Morgan fingerprint density at radius 2 is 0.750 bits per heavy atom. The van der Waals surface area contributed by atoms with Gasteiger partial charge in [-0.2, -0.15) is 0 Å². The first-order chi connectivity index (χ1) is 7.62. The molecule has 2 nitrogen and oxygen atoms in total. The quantitative estimate of drug-likeness (QED) is 0.751. The lowest BCUT2D eigenvalue weighted by Gasteiger charge is -2.16. The molecule has 0 aromatic heterocycles. The van der Waals surface area contributed by atoms with Crippen LogP contribution in [0.4, 0.5) is 11.4 Å². The van der Waals surface area contributed by atoms with Crippen molar-refractivity contribution in [1.82, 2.24) is 0 Å². The van der Waals surface area contributed by atoms with Gasteiger partial charge in [0, 0.05) is 33.6 Å². The van der Waals surface area contributed by atoms with Gasteiger partial charge in [-0.1, -0.05) is 50.6 Å². The van der Waals surface area contributed by atoms with E-state index in [4.69, 9.17) is 11.5 Å². The van der Waals surface area contributed by atoms with Crippen molar-refractivity contribution in [2.75, 3.05) is 11.5 Å². The van der Waals surface area contributed by atoms with E-state index in [1.165, 1.54) is 0 Å². The molecule has 4 N–H and O–H groups in total. The number of anilines is 2. The van der Waals surface area contributed by atoms with E-state index in [1.54, 1.807) is 24.3 Å². The molecule has 0 bridgehead atoms. The molecule has 0 saturated heterocycles. The molecule has 16 heavy (non-hydrogen) atoms. The highest BCUT2D eigenvalue weighted by Gasteiger charge is 2.13. The van der Waals surface area contributed by atoms with Crippen molar-refractivity contribution < 1.29 is 0 Å². The average molecular weight is 212 g/mol. The third-order valence-corrected chi connectivity index (χ3v) is 2.56. The highest BCUT2D eigenvalue weighted by molar-refractivity contribution is 5.92. The van der Waals surface area contributed by atoms with Crippen LogP contribution >= 0.6 is 0 Å². The van der Waals surface area contributed by atoms with Crippen LogP contribution in [-0.2, 0) is 0 Å². The van der Waals surface area contributed by atoms with Crippen molar-refractivity contribution in [3.63, 3.8) is 0 Å². The molecule has 0 unspecified atom stereocenters. The summed E-state index contributed by atoms with van der Waals surface area (Å²) in [5.74, 6) is 0. The maximum Gasteiger partial charge on any atom is 0.0474 e. The number of hydrogen-bond acceptors (Lipinski definition) is 2. The summed E-state index contributed by atoms with van der Waals surface area (Å²) in [4.78, 5) is 0. The smallest absolute Gasteiger partial charge is 0.0474 e. The summed E-state index contributed by atoms with van der Waals surface area (Å²) in [5, 5.41) is 0. The molecule has 0 aliphatic rings. The van der Waals surface area contributed by atoms with Crippen LogP contribution in [0.5, 0.6) is 0 Å². The highest BCUT2D eigenvalue weighted by atomic mass is 14.6. The Balaban J connectivity index is 3.88. The third-order valence-electron chi connectivity index (χ3n) is 2.56. The molecule has 1 rings (SSSR count). The average Bonchev–Trinajstić information content (AvgIpc) is 2.30. The highest BCUT2D eigenvalue weighted by Crippen LogP contribution is 2.35. The Kier molecular flexibility index (Phi) is 3.36. The molecule has 0 heterocycles. The van der Waals surface area contributed by atoms with Gasteiger partial charge in [0.1, 0.15) is 0 Å². The lowest BCUT2D eigenvalue weighted by atomic mass is 9.93. The minimum Gasteiger partial charge on any atom is -0.398 e. The van der Waals surface area contributed by atoms with Crippen molar-refractivity contribution in [3.05, 3.63) is 48.6 Å². The molecule has 82 valence electrons. The van der Waals surface area contributed by atoms with Gasteiger partial charge in [-0.3, -0.25) is 0 Å². The molecule has 1 aromatic carbocycles. The van der Waals surface area contributed by atoms with Crippen molar-refractivity contribution in [3.8, 4) is 0 Å². The first-order valence-electron chi connectivity index (χ1n) is 4.87. The topological polar surface area (TPSA) is 52.0 Å². The number of hydrogen-bond donors (Lipinski definition) is 2. The fourth-order valence-electron chi connectivity index (χ4n) is 1.75. The Hall–Kier alpha value is -2.22. The van der Waals surface area contributed by atoms with Crippen LogP contribution in [0, 0.1) is 0 Å². The first-order valence-corrected chi connectivity index (χ1v) is 4.87. The maximum absolute atomic E-state index is 6.03. The van der Waals surface area contributed by atoms with Crippen LogP contribution in [0.15, 0.2) is 26.3 Å². The number of nitrogen functional groups attached to an aromatic ring is 2. The van der Waals surface area contributed by atoms with Gasteiger partial charge in [-0.15, -0.1) is 0 Å². The lowest BCUT2D eigenvalue weighted by molar-refractivity contribution is 1.54. The Morgan fingerprint density at radius 3 is 0.875 bits per heavy atom. The van der Waals surface area contributed by atoms with Gasteiger partial charge >= 0.3 is 0 Å². The second kappa shape index (κ2) is 4.53. The third kappa shape index (κ3) is 1.54. The molecular weight excluding hydrogens is 196 g/mol. The monoisotopic (exact) mass is 212 g/mol. The Morgan fingerprint density at radius 1 is 0.562 bits per heavy atom. The van der Waals surface area contributed by atoms with Crippen LogP contribution < -0.4 is 11.5 Å². The summed E-state index contributed by atoms with van der Waals surface area (Å²) in [6.45, 7) is 14.9. The van der Waals surface area contributed by atoms with E-state index in [2.05, 4.69) is 26.3 Å². The van der Waals surface area contributed by atoms with Gasteiger partial charge in [0.2, 0.25) is 0 Å². The summed E-state index contributed by atoms with van der Waals surface area (Å²) in [5.41, 5.74) is 16.4.